The second-order valence-electron chi connectivity index (χ2n) is 4.51. The maximum Gasteiger partial charge on any atom is 0.123 e. The quantitative estimate of drug-likeness (QED) is 0.885. The van der Waals surface area contributed by atoms with E-state index in [0.29, 0.717) is 12.1 Å². The van der Waals surface area contributed by atoms with Gasteiger partial charge in [-0.1, -0.05) is 12.1 Å². The van der Waals surface area contributed by atoms with Gasteiger partial charge in [-0.3, -0.25) is 0 Å². The smallest absolute Gasteiger partial charge is 0.123 e. The summed E-state index contributed by atoms with van der Waals surface area (Å²) in [6.45, 7) is 4.43. The number of hydrogen-bond acceptors (Lipinski definition) is 4. The summed E-state index contributed by atoms with van der Waals surface area (Å²) in [5, 5.41) is 14.2. The topological polar surface area (TPSA) is 45.2 Å². The number of aromatic nitrogens is 1. The zero-order valence-electron chi connectivity index (χ0n) is 10.9. The van der Waals surface area contributed by atoms with E-state index in [1.165, 1.54) is 17.0 Å². The van der Waals surface area contributed by atoms with E-state index in [0.717, 1.165) is 5.01 Å². The number of aliphatic hydroxyl groups is 1. The molecule has 2 rings (SSSR count). The number of hydrogen-bond donors (Lipinski definition) is 2. The van der Waals surface area contributed by atoms with Crippen LogP contribution in [0.2, 0.25) is 0 Å². The van der Waals surface area contributed by atoms with Gasteiger partial charge in [0.1, 0.15) is 10.8 Å². The molecule has 0 aliphatic carbocycles. The van der Waals surface area contributed by atoms with Crippen molar-refractivity contribution in [3.05, 3.63) is 51.7 Å². The lowest BCUT2D eigenvalue weighted by atomic mass is 10.1. The monoisotopic (exact) mass is 280 g/mol. The Morgan fingerprint density at radius 3 is 2.63 bits per heavy atom. The van der Waals surface area contributed by atoms with Gasteiger partial charge in [-0.05, 0) is 31.5 Å². The predicted octanol–water partition coefficient (Wildman–Crippen LogP) is 2.97. The largest absolute Gasteiger partial charge is 0.387 e. The number of thiazole rings is 1. The lowest BCUT2D eigenvalue weighted by molar-refractivity contribution is 0.170. The van der Waals surface area contributed by atoms with Crippen LogP contribution >= 0.6 is 11.3 Å². The molecule has 0 amide bonds. The Hall–Kier alpha value is -1.30. The van der Waals surface area contributed by atoms with Gasteiger partial charge in [-0.25, -0.2) is 9.37 Å². The summed E-state index contributed by atoms with van der Waals surface area (Å²) in [5.74, 6) is -0.296. The van der Waals surface area contributed by atoms with Crippen LogP contribution in [0.25, 0.3) is 0 Å². The predicted molar refractivity (Wildman–Crippen MR) is 74.6 cm³/mol. The Balaban J connectivity index is 1.89. The first-order chi connectivity index (χ1) is 9.06. The number of rotatable bonds is 5. The van der Waals surface area contributed by atoms with Crippen LogP contribution in [0.1, 0.15) is 34.5 Å². The second kappa shape index (κ2) is 6.23. The van der Waals surface area contributed by atoms with Gasteiger partial charge in [0.25, 0.3) is 0 Å². The SMILES string of the molecule is Cc1cnc([C@H](C)NC[C@@H](O)c2ccc(F)cc2)s1. The number of halogens is 1. The van der Waals surface area contributed by atoms with Crippen molar-refractivity contribution in [2.75, 3.05) is 6.54 Å². The Morgan fingerprint density at radius 2 is 2.05 bits per heavy atom. The van der Waals surface area contributed by atoms with Crippen molar-refractivity contribution in [1.29, 1.82) is 0 Å². The molecule has 0 radical (unpaired) electrons. The Morgan fingerprint density at radius 1 is 1.37 bits per heavy atom. The molecule has 1 heterocycles. The van der Waals surface area contributed by atoms with E-state index >= 15 is 0 Å². The summed E-state index contributed by atoms with van der Waals surface area (Å²) in [5.41, 5.74) is 0.705. The first kappa shape index (κ1) is 14.1. The summed E-state index contributed by atoms with van der Waals surface area (Å²) in [7, 11) is 0. The minimum atomic E-state index is -0.649. The standard InChI is InChI=1S/C14H17FN2OS/c1-9-7-17-14(19-9)10(2)16-8-13(18)11-3-5-12(15)6-4-11/h3-7,10,13,16,18H,8H2,1-2H3/t10-,13+/m0/s1. The zero-order valence-corrected chi connectivity index (χ0v) is 11.7. The van der Waals surface area contributed by atoms with Crippen LogP contribution in [0.3, 0.4) is 0 Å². The fraction of sp³-hybridized carbons (Fsp3) is 0.357. The highest BCUT2D eigenvalue weighted by molar-refractivity contribution is 7.11. The van der Waals surface area contributed by atoms with Gasteiger partial charge >= 0.3 is 0 Å². The lowest BCUT2D eigenvalue weighted by Crippen LogP contribution is -2.24. The van der Waals surface area contributed by atoms with Crippen molar-refractivity contribution < 1.29 is 9.50 Å². The van der Waals surface area contributed by atoms with E-state index in [2.05, 4.69) is 10.3 Å². The molecule has 0 bridgehead atoms. The average Bonchev–Trinajstić information content (AvgIpc) is 2.83. The maximum atomic E-state index is 12.8. The van der Waals surface area contributed by atoms with Crippen LogP contribution in [0.15, 0.2) is 30.5 Å². The summed E-state index contributed by atoms with van der Waals surface area (Å²) >= 11 is 1.64. The summed E-state index contributed by atoms with van der Waals surface area (Å²) in [6, 6.07) is 5.99. The molecule has 1 aromatic carbocycles. The minimum Gasteiger partial charge on any atom is -0.387 e. The molecule has 5 heteroatoms. The first-order valence-corrected chi connectivity index (χ1v) is 6.97. The maximum absolute atomic E-state index is 12.8. The molecule has 0 saturated heterocycles. The molecule has 2 aromatic rings. The Bertz CT molecular complexity index is 526. The van der Waals surface area contributed by atoms with E-state index in [1.54, 1.807) is 23.5 Å². The van der Waals surface area contributed by atoms with E-state index in [9.17, 15) is 9.50 Å². The van der Waals surface area contributed by atoms with Crippen LogP contribution in [0.4, 0.5) is 4.39 Å². The molecule has 0 saturated carbocycles. The molecule has 2 N–H and O–H groups in total. The van der Waals surface area contributed by atoms with Crippen molar-refractivity contribution in [2.45, 2.75) is 26.0 Å². The number of aryl methyl sites for hydroxylation is 1. The first-order valence-electron chi connectivity index (χ1n) is 6.15. The Labute approximate surface area is 116 Å². The molecule has 0 aliphatic rings. The second-order valence-corrected chi connectivity index (χ2v) is 5.77. The highest BCUT2D eigenvalue weighted by Crippen LogP contribution is 2.20. The number of nitrogens with one attached hydrogen (secondary N) is 1. The van der Waals surface area contributed by atoms with Gasteiger partial charge in [0.15, 0.2) is 0 Å². The third-order valence-corrected chi connectivity index (χ3v) is 3.98. The van der Waals surface area contributed by atoms with E-state index in [1.807, 2.05) is 20.0 Å². The third kappa shape index (κ3) is 3.83. The van der Waals surface area contributed by atoms with Gasteiger partial charge < -0.3 is 10.4 Å². The number of nitrogens with zero attached hydrogens (tertiary/aromatic N) is 1. The van der Waals surface area contributed by atoms with E-state index in [4.69, 9.17) is 0 Å². The molecular formula is C14H17FN2OS. The van der Waals surface area contributed by atoms with Gasteiger partial charge in [-0.15, -0.1) is 11.3 Å². The van der Waals surface area contributed by atoms with Crippen LogP contribution in [-0.2, 0) is 0 Å². The minimum absolute atomic E-state index is 0.0915. The van der Waals surface area contributed by atoms with Crippen LogP contribution in [0, 0.1) is 12.7 Å². The summed E-state index contributed by atoms with van der Waals surface area (Å²) in [6.07, 6.45) is 1.19. The molecular weight excluding hydrogens is 263 g/mol. The Kier molecular flexibility index (Phi) is 4.63. The van der Waals surface area contributed by atoms with Crippen LogP contribution < -0.4 is 5.32 Å². The van der Waals surface area contributed by atoms with E-state index in [-0.39, 0.29) is 11.9 Å². The number of aliphatic hydroxyl groups excluding tert-OH is 1. The molecule has 0 aliphatic heterocycles. The molecule has 102 valence electrons. The third-order valence-electron chi connectivity index (χ3n) is 2.88. The molecule has 0 fully saturated rings. The fourth-order valence-corrected chi connectivity index (χ4v) is 2.55. The molecule has 2 atom stereocenters. The fourth-order valence-electron chi connectivity index (χ4n) is 1.75. The normalized spacial score (nSPS) is 14.3. The highest BCUT2D eigenvalue weighted by atomic mass is 32.1. The van der Waals surface area contributed by atoms with Gasteiger partial charge in [0.2, 0.25) is 0 Å². The van der Waals surface area contributed by atoms with Crippen LogP contribution in [0.5, 0.6) is 0 Å². The lowest BCUT2D eigenvalue weighted by Gasteiger charge is -2.15. The summed E-state index contributed by atoms with van der Waals surface area (Å²) in [4.78, 5) is 5.47. The van der Waals surface area contributed by atoms with Crippen LogP contribution in [-0.4, -0.2) is 16.6 Å². The molecule has 0 unspecified atom stereocenters. The van der Waals surface area contributed by atoms with Crippen molar-refractivity contribution in [3.8, 4) is 0 Å². The van der Waals surface area contributed by atoms with Crippen molar-refractivity contribution in [2.24, 2.45) is 0 Å². The van der Waals surface area contributed by atoms with Gasteiger partial charge in [0.05, 0.1) is 12.1 Å². The average molecular weight is 280 g/mol. The number of benzene rings is 1. The van der Waals surface area contributed by atoms with Crippen molar-refractivity contribution >= 4 is 11.3 Å². The van der Waals surface area contributed by atoms with E-state index < -0.39 is 6.10 Å². The molecule has 1 aromatic heterocycles. The highest BCUT2D eigenvalue weighted by Gasteiger charge is 2.12. The van der Waals surface area contributed by atoms with Crippen molar-refractivity contribution in [1.82, 2.24) is 10.3 Å². The van der Waals surface area contributed by atoms with Crippen molar-refractivity contribution in [3.63, 3.8) is 0 Å². The molecule has 0 spiro atoms. The molecule has 3 nitrogen and oxygen atoms in total. The molecule has 19 heavy (non-hydrogen) atoms. The summed E-state index contributed by atoms with van der Waals surface area (Å²) < 4.78 is 12.8. The zero-order chi connectivity index (χ0) is 13.8. The van der Waals surface area contributed by atoms with Gasteiger partial charge in [0, 0.05) is 17.6 Å². The van der Waals surface area contributed by atoms with Gasteiger partial charge in [-0.2, -0.15) is 0 Å².